The van der Waals surface area contributed by atoms with Crippen molar-refractivity contribution in [1.29, 1.82) is 0 Å². The zero-order valence-electron chi connectivity index (χ0n) is 24.0. The summed E-state index contributed by atoms with van der Waals surface area (Å²) in [6.07, 6.45) is 17.2. The van der Waals surface area contributed by atoms with Crippen molar-refractivity contribution in [1.82, 2.24) is 5.32 Å². The maximum atomic E-state index is 10.4. The molecule has 0 aliphatic rings. The molecule has 0 bridgehead atoms. The fraction of sp³-hybridized carbons (Fsp3) is 1.00. The van der Waals surface area contributed by atoms with E-state index in [1.807, 2.05) is 0 Å². The van der Waals surface area contributed by atoms with E-state index in [1.54, 1.807) is 0 Å². The minimum Gasteiger partial charge on any atom is -0.748 e. The average Bonchev–Trinajstić information content (AvgIpc) is 2.82. The van der Waals surface area contributed by atoms with Crippen molar-refractivity contribution in [3.05, 3.63) is 0 Å². The van der Waals surface area contributed by atoms with Crippen LogP contribution in [-0.2, 0) is 10.1 Å². The monoisotopic (exact) mass is 506 g/mol. The summed E-state index contributed by atoms with van der Waals surface area (Å²) in [5, 5.41) is 3.33. The van der Waals surface area contributed by atoms with Crippen molar-refractivity contribution in [2.45, 2.75) is 131 Å². The second kappa shape index (κ2) is 24.5. The van der Waals surface area contributed by atoms with Gasteiger partial charge >= 0.3 is 0 Å². The Morgan fingerprint density at radius 1 is 0.676 bits per heavy atom. The molecule has 0 aromatic rings. The number of nitrogens with zero attached hydrogens (tertiary/aromatic N) is 1. The standard InChI is InChI=1S/C16H36N.C12H27NO3S/c1-5-9-13-17(14-10-6-2,15-11-7-3)16-12-8-4;1-3-5-8-12(4-2)11-13-9-6-7-10-17(14,15)16/h5-16H2,1-4H3;12-13H,3-11H2,1-2H3,(H,14,15,16)/q+1;/p-1. The first kappa shape index (κ1) is 36.0. The molecule has 0 fully saturated rings. The van der Waals surface area contributed by atoms with Crippen LogP contribution in [0.2, 0.25) is 0 Å². The Hall–Kier alpha value is -0.170. The van der Waals surface area contributed by atoms with Gasteiger partial charge in [0.05, 0.1) is 36.3 Å². The normalized spacial score (nSPS) is 12.9. The molecule has 1 N–H and O–H groups in total. The van der Waals surface area contributed by atoms with E-state index in [4.69, 9.17) is 0 Å². The third kappa shape index (κ3) is 23.6. The Balaban J connectivity index is 0. The van der Waals surface area contributed by atoms with E-state index in [0.29, 0.717) is 6.42 Å². The summed E-state index contributed by atoms with van der Waals surface area (Å²) in [5.41, 5.74) is 0. The maximum Gasteiger partial charge on any atom is 0.0945 e. The van der Waals surface area contributed by atoms with Gasteiger partial charge in [0.15, 0.2) is 0 Å². The summed E-state index contributed by atoms with van der Waals surface area (Å²) < 4.78 is 32.5. The lowest BCUT2D eigenvalue weighted by molar-refractivity contribution is -0.929. The number of hydrogen-bond acceptors (Lipinski definition) is 4. The molecule has 208 valence electrons. The van der Waals surface area contributed by atoms with E-state index in [0.717, 1.165) is 25.4 Å². The van der Waals surface area contributed by atoms with E-state index < -0.39 is 10.1 Å². The lowest BCUT2D eigenvalue weighted by Crippen LogP contribution is -2.50. The van der Waals surface area contributed by atoms with Gasteiger partial charge in [0.25, 0.3) is 0 Å². The van der Waals surface area contributed by atoms with Crippen molar-refractivity contribution in [2.75, 3.05) is 45.0 Å². The molecule has 34 heavy (non-hydrogen) atoms. The van der Waals surface area contributed by atoms with Crippen LogP contribution in [-0.4, -0.2) is 62.5 Å². The van der Waals surface area contributed by atoms with Gasteiger partial charge in [-0.3, -0.25) is 0 Å². The Morgan fingerprint density at radius 3 is 1.47 bits per heavy atom. The lowest BCUT2D eigenvalue weighted by Gasteiger charge is -2.39. The SMILES string of the molecule is CCCCC(CC)CNCCCCS(=O)(=O)[O-].CCCC[N+](CCCC)(CCCC)CCCC. The minimum atomic E-state index is -4.02. The van der Waals surface area contributed by atoms with Gasteiger partial charge in [0, 0.05) is 5.75 Å². The van der Waals surface area contributed by atoms with E-state index in [2.05, 4.69) is 46.9 Å². The largest absolute Gasteiger partial charge is 0.748 e. The van der Waals surface area contributed by atoms with Crippen LogP contribution in [0, 0.1) is 5.92 Å². The van der Waals surface area contributed by atoms with Crippen LogP contribution in [0.15, 0.2) is 0 Å². The molecule has 0 aromatic heterocycles. The highest BCUT2D eigenvalue weighted by Crippen LogP contribution is 2.16. The maximum absolute atomic E-state index is 10.4. The molecule has 5 nitrogen and oxygen atoms in total. The Labute approximate surface area is 215 Å². The molecule has 0 radical (unpaired) electrons. The molecule has 1 unspecified atom stereocenters. The molecule has 0 spiro atoms. The first-order valence-corrected chi connectivity index (χ1v) is 16.3. The first-order valence-electron chi connectivity index (χ1n) is 14.7. The lowest BCUT2D eigenvalue weighted by atomic mass is 9.99. The molecule has 0 amide bonds. The number of unbranched alkanes of at least 4 members (excludes halogenated alkanes) is 6. The molecular formula is C28H62N2O3S. The number of quaternary nitrogens is 1. The summed E-state index contributed by atoms with van der Waals surface area (Å²) in [5.74, 6) is 0.486. The Bertz CT molecular complexity index is 474. The summed E-state index contributed by atoms with van der Waals surface area (Å²) in [6, 6.07) is 0. The predicted octanol–water partition coefficient (Wildman–Crippen LogP) is 7.12. The fourth-order valence-electron chi connectivity index (χ4n) is 4.42. The van der Waals surface area contributed by atoms with Crippen molar-refractivity contribution in [2.24, 2.45) is 5.92 Å². The zero-order valence-corrected chi connectivity index (χ0v) is 24.8. The van der Waals surface area contributed by atoms with Gasteiger partial charge in [-0.15, -0.1) is 0 Å². The van der Waals surface area contributed by atoms with Crippen molar-refractivity contribution in [3.63, 3.8) is 0 Å². The van der Waals surface area contributed by atoms with Gasteiger partial charge in [-0.05, 0) is 64.0 Å². The van der Waals surface area contributed by atoms with Gasteiger partial charge in [0.1, 0.15) is 0 Å². The van der Waals surface area contributed by atoms with E-state index >= 15 is 0 Å². The van der Waals surface area contributed by atoms with Crippen LogP contribution in [0.5, 0.6) is 0 Å². The summed E-state index contributed by atoms with van der Waals surface area (Å²) in [4.78, 5) is 0. The quantitative estimate of drug-likeness (QED) is 0.0909. The minimum absolute atomic E-state index is 0.234. The number of rotatable bonds is 23. The van der Waals surface area contributed by atoms with E-state index in [9.17, 15) is 13.0 Å². The van der Waals surface area contributed by atoms with Gasteiger partial charge in [0.2, 0.25) is 0 Å². The van der Waals surface area contributed by atoms with Crippen LogP contribution in [0.25, 0.3) is 0 Å². The van der Waals surface area contributed by atoms with Gasteiger partial charge in [-0.25, -0.2) is 8.42 Å². The summed E-state index contributed by atoms with van der Waals surface area (Å²) in [7, 11) is -4.02. The first-order chi connectivity index (χ1) is 16.2. The smallest absolute Gasteiger partial charge is 0.0945 e. The van der Waals surface area contributed by atoms with Crippen molar-refractivity contribution in [3.8, 4) is 0 Å². The topological polar surface area (TPSA) is 69.2 Å². The molecule has 0 aromatic carbocycles. The number of nitrogens with one attached hydrogen (secondary N) is 1. The molecule has 0 heterocycles. The average molecular weight is 507 g/mol. The zero-order chi connectivity index (χ0) is 26.1. The molecule has 1 atom stereocenters. The number of hydrogen-bond donors (Lipinski definition) is 1. The van der Waals surface area contributed by atoms with Crippen LogP contribution in [0.3, 0.4) is 0 Å². The molecule has 0 saturated heterocycles. The van der Waals surface area contributed by atoms with Crippen LogP contribution < -0.4 is 5.32 Å². The second-order valence-corrected chi connectivity index (χ2v) is 11.8. The third-order valence-electron chi connectivity index (χ3n) is 6.92. The van der Waals surface area contributed by atoms with E-state index in [-0.39, 0.29) is 5.75 Å². The molecule has 6 heteroatoms. The summed E-state index contributed by atoms with van der Waals surface area (Å²) >= 11 is 0. The third-order valence-corrected chi connectivity index (χ3v) is 7.71. The summed E-state index contributed by atoms with van der Waals surface area (Å²) in [6.45, 7) is 21.2. The van der Waals surface area contributed by atoms with Crippen LogP contribution in [0.4, 0.5) is 0 Å². The van der Waals surface area contributed by atoms with Gasteiger partial charge in [-0.2, -0.15) is 0 Å². The van der Waals surface area contributed by atoms with Gasteiger partial charge < -0.3 is 14.4 Å². The molecule has 0 aliphatic carbocycles. The fourth-order valence-corrected chi connectivity index (χ4v) is 4.98. The van der Waals surface area contributed by atoms with E-state index in [1.165, 1.54) is 108 Å². The predicted molar refractivity (Wildman–Crippen MR) is 149 cm³/mol. The highest BCUT2D eigenvalue weighted by atomic mass is 32.2. The van der Waals surface area contributed by atoms with Crippen LogP contribution in [0.1, 0.15) is 131 Å². The van der Waals surface area contributed by atoms with Crippen LogP contribution >= 0.6 is 0 Å². The van der Waals surface area contributed by atoms with Crippen molar-refractivity contribution < 1.29 is 17.5 Å². The van der Waals surface area contributed by atoms with Gasteiger partial charge in [-0.1, -0.05) is 86.5 Å². The molecule has 0 rings (SSSR count). The molecular weight excluding hydrogens is 444 g/mol. The Morgan fingerprint density at radius 2 is 1.12 bits per heavy atom. The second-order valence-electron chi connectivity index (χ2n) is 10.2. The molecule has 0 aliphatic heterocycles. The highest BCUT2D eigenvalue weighted by molar-refractivity contribution is 7.85. The highest BCUT2D eigenvalue weighted by Gasteiger charge is 2.24. The van der Waals surface area contributed by atoms with Crippen molar-refractivity contribution >= 4 is 10.1 Å². The Kier molecular flexibility index (Phi) is 26.0. The molecule has 0 saturated carbocycles.